The van der Waals surface area contributed by atoms with Gasteiger partial charge in [-0.25, -0.2) is 4.42 Å². The first-order chi connectivity index (χ1) is 25.9. The van der Waals surface area contributed by atoms with Crippen molar-refractivity contribution in [2.24, 2.45) is 5.92 Å². The number of methoxy groups -OCH3 is 2. The smallest absolute Gasteiger partial charge is 0.365 e. The van der Waals surface area contributed by atoms with Crippen LogP contribution in [-0.2, 0) is 4.74 Å². The highest BCUT2D eigenvalue weighted by Gasteiger charge is 2.25. The highest BCUT2D eigenvalue weighted by atomic mass is 35.5. The van der Waals surface area contributed by atoms with Gasteiger partial charge in [0.15, 0.2) is 0 Å². The van der Waals surface area contributed by atoms with Crippen molar-refractivity contribution < 1.29 is 18.6 Å². The van der Waals surface area contributed by atoms with Crippen LogP contribution in [0.1, 0.15) is 16.7 Å². The van der Waals surface area contributed by atoms with Gasteiger partial charge < -0.3 is 14.2 Å². The number of ether oxygens (including phenoxy) is 3. The molecule has 1 aromatic heterocycles. The second-order valence-electron chi connectivity index (χ2n) is 12.1. The van der Waals surface area contributed by atoms with Crippen molar-refractivity contribution in [2.45, 2.75) is 0 Å². The van der Waals surface area contributed by atoms with Crippen LogP contribution in [0.4, 0.5) is 0 Å². The highest BCUT2D eigenvalue weighted by Crippen LogP contribution is 2.41. The first-order valence-corrected chi connectivity index (χ1v) is 18.4. The summed E-state index contributed by atoms with van der Waals surface area (Å²) < 4.78 is 23.8. The van der Waals surface area contributed by atoms with E-state index >= 15 is 0 Å². The molecule has 1 unspecified atom stereocenters. The molecule has 6 nitrogen and oxygen atoms in total. The Kier molecular flexibility index (Phi) is 11.0. The van der Waals surface area contributed by atoms with Crippen LogP contribution in [0.5, 0.6) is 11.5 Å². The fourth-order valence-electron chi connectivity index (χ4n) is 6.03. The molecule has 0 amide bonds. The monoisotopic (exact) mass is 835 g/mol. The fraction of sp³-hybridized carbons (Fsp3) is 0.0714. The van der Waals surface area contributed by atoms with Gasteiger partial charge in [-0.2, -0.15) is 0 Å². The van der Waals surface area contributed by atoms with Gasteiger partial charge in [-0.3, -0.25) is 9.59 Å². The average molecular weight is 838 g/mol. The maximum absolute atomic E-state index is 13.7. The van der Waals surface area contributed by atoms with Crippen LogP contribution in [-0.4, -0.2) is 14.2 Å². The average Bonchev–Trinajstić information content (AvgIpc) is 3.19. The number of rotatable bonds is 8. The lowest BCUT2D eigenvalue weighted by Gasteiger charge is -2.22. The summed E-state index contributed by atoms with van der Waals surface area (Å²) >= 11 is 37.9. The van der Waals surface area contributed by atoms with E-state index < -0.39 is 16.8 Å². The van der Waals surface area contributed by atoms with Crippen LogP contribution in [0, 0.1) is 5.92 Å². The lowest BCUT2D eigenvalue weighted by Crippen LogP contribution is -2.64. The molecule has 0 N–H and O–H groups in total. The molecule has 0 spiro atoms. The minimum Gasteiger partial charge on any atom is -0.496 e. The molecule has 12 heteroatoms. The summed E-state index contributed by atoms with van der Waals surface area (Å²) in [5.74, 6) is 2.16. The van der Waals surface area contributed by atoms with E-state index in [2.05, 4.69) is 0 Å². The van der Waals surface area contributed by atoms with Gasteiger partial charge in [0, 0.05) is 11.5 Å². The molecule has 0 fully saturated rings. The number of hydrogen-bond donors (Lipinski definition) is 0. The van der Waals surface area contributed by atoms with E-state index in [1.165, 1.54) is 6.08 Å². The molecule has 0 aliphatic carbocycles. The van der Waals surface area contributed by atoms with Gasteiger partial charge in [-0.15, -0.1) is 0 Å². The van der Waals surface area contributed by atoms with Crippen LogP contribution in [0.15, 0.2) is 111 Å². The number of benzene rings is 4. The molecular formula is C42H25Cl6O6+. The summed E-state index contributed by atoms with van der Waals surface area (Å²) in [6, 6.07) is 24.5. The Labute approximate surface area is 339 Å². The minimum atomic E-state index is -0.551. The lowest BCUT2D eigenvalue weighted by molar-refractivity contribution is 0.404. The number of halogens is 6. The van der Waals surface area contributed by atoms with Gasteiger partial charge in [0.05, 0.1) is 78.1 Å². The molecule has 7 rings (SSSR count). The Morgan fingerprint density at radius 1 is 0.611 bits per heavy atom. The van der Waals surface area contributed by atoms with Crippen molar-refractivity contribution in [3.63, 3.8) is 0 Å². The van der Waals surface area contributed by atoms with Crippen LogP contribution < -0.4 is 30.8 Å². The van der Waals surface area contributed by atoms with E-state index in [0.29, 0.717) is 62.4 Å². The number of hydrogen-bond acceptors (Lipinski definition) is 5. The maximum Gasteiger partial charge on any atom is 0.365 e. The summed E-state index contributed by atoms with van der Waals surface area (Å²) in [5.41, 5.74) is 2.03. The maximum atomic E-state index is 13.7. The largest absolute Gasteiger partial charge is 0.496 e. The van der Waals surface area contributed by atoms with E-state index in [4.69, 9.17) is 88.2 Å². The van der Waals surface area contributed by atoms with Gasteiger partial charge >= 0.3 is 11.5 Å². The van der Waals surface area contributed by atoms with E-state index in [9.17, 15) is 9.59 Å². The second-order valence-corrected chi connectivity index (χ2v) is 14.5. The van der Waals surface area contributed by atoms with Crippen molar-refractivity contribution in [1.29, 1.82) is 0 Å². The Morgan fingerprint density at radius 3 is 1.70 bits per heavy atom. The first kappa shape index (κ1) is 37.8. The topological polar surface area (TPSA) is 73.1 Å². The summed E-state index contributed by atoms with van der Waals surface area (Å²) in [4.78, 5) is 27.4. The zero-order chi connectivity index (χ0) is 38.3. The summed E-state index contributed by atoms with van der Waals surface area (Å²) in [5, 5.41) is 1.35. The Hall–Kier alpha value is -4.53. The Balaban J connectivity index is 1.36. The van der Waals surface area contributed by atoms with Crippen molar-refractivity contribution in [1.82, 2.24) is 0 Å². The van der Waals surface area contributed by atoms with Crippen LogP contribution >= 0.6 is 69.6 Å². The molecule has 1 atom stereocenters. The van der Waals surface area contributed by atoms with Crippen LogP contribution in [0.3, 0.4) is 0 Å². The van der Waals surface area contributed by atoms with Crippen molar-refractivity contribution in [2.75, 3.05) is 14.2 Å². The van der Waals surface area contributed by atoms with Crippen molar-refractivity contribution in [3.8, 4) is 34.1 Å². The second kappa shape index (κ2) is 15.7. The molecule has 2 heterocycles. The number of para-hydroxylation sites is 2. The zero-order valence-corrected chi connectivity index (χ0v) is 32.7. The summed E-state index contributed by atoms with van der Waals surface area (Å²) in [6.07, 6.45) is 6.68. The van der Waals surface area contributed by atoms with E-state index in [1.54, 1.807) is 81.0 Å². The Morgan fingerprint density at radius 2 is 1.11 bits per heavy atom. The molecule has 54 heavy (non-hydrogen) atoms. The molecule has 6 aromatic rings. The molecule has 0 saturated heterocycles. The number of allylic oxidation sites excluding steroid dienone is 2. The third kappa shape index (κ3) is 7.43. The minimum absolute atomic E-state index is 0.00185. The van der Waals surface area contributed by atoms with Crippen LogP contribution in [0.2, 0.25) is 30.1 Å². The molecule has 1 aliphatic rings. The summed E-state index contributed by atoms with van der Waals surface area (Å²) in [7, 11) is 3.11. The van der Waals surface area contributed by atoms with Gasteiger partial charge in [0.2, 0.25) is 10.9 Å². The van der Waals surface area contributed by atoms with E-state index in [-0.39, 0.29) is 40.6 Å². The molecule has 0 saturated carbocycles. The molecule has 0 radical (unpaired) electrons. The molecule has 1 aliphatic heterocycles. The van der Waals surface area contributed by atoms with Gasteiger partial charge in [-0.05, 0) is 72.3 Å². The third-order valence-electron chi connectivity index (χ3n) is 8.65. The van der Waals surface area contributed by atoms with Gasteiger partial charge in [0.1, 0.15) is 28.6 Å². The van der Waals surface area contributed by atoms with Crippen molar-refractivity contribution in [3.05, 3.63) is 175 Å². The fourth-order valence-corrected chi connectivity index (χ4v) is 7.22. The summed E-state index contributed by atoms with van der Waals surface area (Å²) in [6.45, 7) is 0. The van der Waals surface area contributed by atoms with Crippen molar-refractivity contribution >= 4 is 93.3 Å². The SMILES string of the molecule is COc1ccccc1C1=CC(C=c2c(=O)c(=Cc3cc(-c4cc(Cl)c(Cl)c(Cl)c4)[o+]c(-c4ccccc4OC)c3)c2=O)C=C(c2cc(Cl)c(Cl)c(Cl)c2)O1. The zero-order valence-electron chi connectivity index (χ0n) is 28.2. The normalized spacial score (nSPS) is 13.9. The van der Waals surface area contributed by atoms with Gasteiger partial charge in [0.25, 0.3) is 0 Å². The van der Waals surface area contributed by atoms with E-state index in [0.717, 1.165) is 0 Å². The first-order valence-electron chi connectivity index (χ1n) is 16.1. The quantitative estimate of drug-likeness (QED) is 0.112. The van der Waals surface area contributed by atoms with Gasteiger partial charge in [-0.1, -0.05) is 99.9 Å². The third-order valence-corrected chi connectivity index (χ3v) is 11.0. The molecule has 0 bridgehead atoms. The molecule has 5 aromatic carbocycles. The predicted molar refractivity (Wildman–Crippen MR) is 219 cm³/mol. The Bertz CT molecular complexity index is 2670. The highest BCUT2D eigenvalue weighted by molar-refractivity contribution is 6.48. The van der Waals surface area contributed by atoms with Crippen LogP contribution in [0.25, 0.3) is 46.3 Å². The molecular weight excluding hydrogens is 813 g/mol. The van der Waals surface area contributed by atoms with E-state index in [1.807, 2.05) is 36.4 Å². The molecule has 270 valence electrons. The standard InChI is InChI=1S/C42H25Cl6O6/c1-51-33-9-5-3-7-25(33)37-15-21(13-35(53-37)23-17-29(43)39(47)30(44)18-23)11-27-41(49)28(42(27)50)12-22-14-36(24-19-31(45)40(48)32(46)20-24)54-38(16-22)26-8-4-6-10-34(26)52-2/h3-21H,1-2H3/q+1. The predicted octanol–water partition coefficient (Wildman–Crippen LogP) is 10.8. The lowest BCUT2D eigenvalue weighted by atomic mass is 9.97.